The number of rotatable bonds is 7. The molecule has 1 aliphatic rings. The molecule has 0 aromatic rings. The summed E-state index contributed by atoms with van der Waals surface area (Å²) in [5, 5.41) is 8.81. The molecule has 0 aliphatic heterocycles. The Kier molecular flexibility index (Phi) is 4.34. The first kappa shape index (κ1) is 11.9. The first-order valence-corrected chi connectivity index (χ1v) is 6.96. The molecule has 0 heterocycles. The molecule has 0 aromatic carbocycles. The smallest absolute Gasteiger partial charge is 0.151 e. The van der Waals surface area contributed by atoms with Crippen LogP contribution in [0.4, 0.5) is 0 Å². The Bertz CT molecular complexity index is 259. The quantitative estimate of drug-likeness (QED) is 0.651. The van der Waals surface area contributed by atoms with Gasteiger partial charge >= 0.3 is 0 Å². The average molecular weight is 221 g/mol. The van der Waals surface area contributed by atoms with E-state index in [1.165, 1.54) is 0 Å². The van der Waals surface area contributed by atoms with Gasteiger partial charge in [0, 0.05) is 24.9 Å². The summed E-state index contributed by atoms with van der Waals surface area (Å²) in [7, 11) is -2.86. The van der Waals surface area contributed by atoms with E-state index in [2.05, 4.69) is 4.90 Å². The molecule has 1 fully saturated rings. The van der Waals surface area contributed by atoms with Crippen molar-refractivity contribution in [2.24, 2.45) is 0 Å². The molecule has 0 unspecified atom stereocenters. The van der Waals surface area contributed by atoms with Crippen molar-refractivity contribution < 1.29 is 13.5 Å². The van der Waals surface area contributed by atoms with E-state index in [0.717, 1.165) is 12.8 Å². The molecule has 0 saturated heterocycles. The fourth-order valence-electron chi connectivity index (χ4n) is 1.45. The third kappa shape index (κ3) is 3.94. The van der Waals surface area contributed by atoms with Gasteiger partial charge < -0.3 is 5.11 Å². The van der Waals surface area contributed by atoms with E-state index in [9.17, 15) is 8.42 Å². The molecule has 1 saturated carbocycles. The maximum Gasteiger partial charge on any atom is 0.151 e. The number of sulfone groups is 1. The van der Waals surface area contributed by atoms with Crippen LogP contribution in [0.1, 0.15) is 19.8 Å². The van der Waals surface area contributed by atoms with Crippen LogP contribution in [0.3, 0.4) is 0 Å². The van der Waals surface area contributed by atoms with Gasteiger partial charge in [-0.15, -0.1) is 0 Å². The Morgan fingerprint density at radius 1 is 1.36 bits per heavy atom. The molecule has 5 heteroatoms. The van der Waals surface area contributed by atoms with Gasteiger partial charge in [0.25, 0.3) is 0 Å². The van der Waals surface area contributed by atoms with E-state index in [-0.39, 0.29) is 18.1 Å². The molecule has 0 radical (unpaired) electrons. The van der Waals surface area contributed by atoms with Gasteiger partial charge in [-0.3, -0.25) is 4.90 Å². The highest BCUT2D eigenvalue weighted by Crippen LogP contribution is 2.26. The fourth-order valence-corrected chi connectivity index (χ4v) is 2.25. The van der Waals surface area contributed by atoms with Crippen molar-refractivity contribution in [3.05, 3.63) is 0 Å². The van der Waals surface area contributed by atoms with Crippen LogP contribution < -0.4 is 0 Å². The molecular formula is C9H19NO3S. The van der Waals surface area contributed by atoms with Crippen molar-refractivity contribution in [1.29, 1.82) is 0 Å². The lowest BCUT2D eigenvalue weighted by Crippen LogP contribution is -2.34. The molecule has 0 aromatic heterocycles. The minimum absolute atomic E-state index is 0.114. The Labute approximate surface area is 85.8 Å². The van der Waals surface area contributed by atoms with Crippen LogP contribution in [0.2, 0.25) is 0 Å². The summed E-state index contributed by atoms with van der Waals surface area (Å²) in [6.45, 7) is 2.96. The van der Waals surface area contributed by atoms with Crippen molar-refractivity contribution in [2.75, 3.05) is 31.2 Å². The molecule has 0 spiro atoms. The van der Waals surface area contributed by atoms with Gasteiger partial charge in [-0.25, -0.2) is 8.42 Å². The molecule has 14 heavy (non-hydrogen) atoms. The molecule has 1 N–H and O–H groups in total. The van der Waals surface area contributed by atoms with E-state index in [4.69, 9.17) is 5.11 Å². The average Bonchev–Trinajstić information content (AvgIpc) is 2.95. The highest BCUT2D eigenvalue weighted by molar-refractivity contribution is 7.91. The monoisotopic (exact) mass is 221 g/mol. The van der Waals surface area contributed by atoms with Crippen LogP contribution in [0, 0.1) is 0 Å². The summed E-state index contributed by atoms with van der Waals surface area (Å²) in [4.78, 5) is 2.08. The number of hydrogen-bond acceptors (Lipinski definition) is 4. The maximum absolute atomic E-state index is 11.3. The molecule has 0 amide bonds. The van der Waals surface area contributed by atoms with Crippen molar-refractivity contribution in [3.8, 4) is 0 Å². The van der Waals surface area contributed by atoms with Crippen LogP contribution >= 0.6 is 0 Å². The largest absolute Gasteiger partial charge is 0.395 e. The van der Waals surface area contributed by atoms with E-state index >= 15 is 0 Å². The van der Waals surface area contributed by atoms with Gasteiger partial charge in [-0.2, -0.15) is 0 Å². The second kappa shape index (κ2) is 5.09. The molecule has 84 valence electrons. The Hall–Kier alpha value is -0.130. The van der Waals surface area contributed by atoms with Crippen LogP contribution in [0.25, 0.3) is 0 Å². The summed E-state index contributed by atoms with van der Waals surface area (Å²) in [6, 6.07) is 0.522. The standard InChI is InChI=1S/C9H19NO3S/c1-2-14(12,13)8-6-10(5-7-11)9-3-4-9/h9,11H,2-8H2,1H3. The zero-order chi connectivity index (χ0) is 10.6. The summed E-state index contributed by atoms with van der Waals surface area (Å²) >= 11 is 0. The van der Waals surface area contributed by atoms with Gasteiger partial charge in [-0.05, 0) is 12.8 Å². The first-order chi connectivity index (χ1) is 6.59. The maximum atomic E-state index is 11.3. The predicted octanol–water partition coefficient (Wildman–Crippen LogP) is -0.122. The molecule has 0 bridgehead atoms. The molecule has 1 aliphatic carbocycles. The molecule has 4 nitrogen and oxygen atoms in total. The Morgan fingerprint density at radius 2 is 2.00 bits per heavy atom. The second-order valence-corrected chi connectivity index (χ2v) is 6.20. The third-order valence-electron chi connectivity index (χ3n) is 2.58. The predicted molar refractivity (Wildman–Crippen MR) is 56.0 cm³/mol. The Morgan fingerprint density at radius 3 is 2.43 bits per heavy atom. The van der Waals surface area contributed by atoms with Gasteiger partial charge in [0.15, 0.2) is 9.84 Å². The van der Waals surface area contributed by atoms with Gasteiger partial charge in [0.05, 0.1) is 12.4 Å². The van der Waals surface area contributed by atoms with Gasteiger partial charge in [0.2, 0.25) is 0 Å². The third-order valence-corrected chi connectivity index (χ3v) is 4.26. The molecule has 1 rings (SSSR count). The lowest BCUT2D eigenvalue weighted by Gasteiger charge is -2.20. The van der Waals surface area contributed by atoms with E-state index < -0.39 is 9.84 Å². The van der Waals surface area contributed by atoms with Crippen molar-refractivity contribution in [1.82, 2.24) is 4.90 Å². The van der Waals surface area contributed by atoms with Crippen molar-refractivity contribution in [3.63, 3.8) is 0 Å². The highest BCUT2D eigenvalue weighted by atomic mass is 32.2. The first-order valence-electron chi connectivity index (χ1n) is 5.14. The zero-order valence-electron chi connectivity index (χ0n) is 8.65. The number of aliphatic hydroxyl groups excluding tert-OH is 1. The van der Waals surface area contributed by atoms with Crippen LogP contribution in [-0.4, -0.2) is 55.7 Å². The van der Waals surface area contributed by atoms with Crippen molar-refractivity contribution >= 4 is 9.84 Å². The van der Waals surface area contributed by atoms with Gasteiger partial charge in [-0.1, -0.05) is 6.92 Å². The lowest BCUT2D eigenvalue weighted by atomic mass is 10.4. The SMILES string of the molecule is CCS(=O)(=O)CCN(CCO)C1CC1. The van der Waals surface area contributed by atoms with E-state index in [1.807, 2.05) is 0 Å². The van der Waals surface area contributed by atoms with Crippen LogP contribution in [0.5, 0.6) is 0 Å². The molecular weight excluding hydrogens is 202 g/mol. The normalized spacial score (nSPS) is 17.6. The van der Waals surface area contributed by atoms with Crippen molar-refractivity contribution in [2.45, 2.75) is 25.8 Å². The fraction of sp³-hybridized carbons (Fsp3) is 1.00. The zero-order valence-corrected chi connectivity index (χ0v) is 9.46. The summed E-state index contributed by atoms with van der Waals surface area (Å²) in [5.41, 5.74) is 0. The Balaban J connectivity index is 2.32. The van der Waals surface area contributed by atoms with E-state index in [0.29, 0.717) is 19.1 Å². The number of nitrogens with zero attached hydrogens (tertiary/aromatic N) is 1. The summed E-state index contributed by atoms with van der Waals surface area (Å²) in [5.74, 6) is 0.435. The summed E-state index contributed by atoms with van der Waals surface area (Å²) in [6.07, 6.45) is 2.29. The number of hydrogen-bond donors (Lipinski definition) is 1. The minimum Gasteiger partial charge on any atom is -0.395 e. The number of aliphatic hydroxyl groups is 1. The van der Waals surface area contributed by atoms with Crippen LogP contribution in [0.15, 0.2) is 0 Å². The van der Waals surface area contributed by atoms with E-state index in [1.54, 1.807) is 6.92 Å². The highest BCUT2D eigenvalue weighted by Gasteiger charge is 2.28. The minimum atomic E-state index is -2.86. The topological polar surface area (TPSA) is 57.6 Å². The molecule has 0 atom stereocenters. The lowest BCUT2D eigenvalue weighted by molar-refractivity contribution is 0.196. The van der Waals surface area contributed by atoms with Crippen LogP contribution in [-0.2, 0) is 9.84 Å². The second-order valence-electron chi connectivity index (χ2n) is 3.73. The summed E-state index contributed by atoms with van der Waals surface area (Å²) < 4.78 is 22.5. The van der Waals surface area contributed by atoms with Gasteiger partial charge in [0.1, 0.15) is 0 Å².